The van der Waals surface area contributed by atoms with E-state index in [1.807, 2.05) is 4.68 Å². The van der Waals surface area contributed by atoms with Crippen molar-refractivity contribution in [1.82, 2.24) is 9.78 Å². The highest BCUT2D eigenvalue weighted by atomic mass is 28.4. The SMILES string of the molecule is CC(C)(C)[Si](C)(C)OC1CCC(n2ncc3cc([N+](=O)[O-])c(N)cc32)CC1. The van der Waals surface area contributed by atoms with Crippen molar-refractivity contribution in [3.63, 3.8) is 0 Å². The maximum atomic E-state index is 11.1. The largest absolute Gasteiger partial charge is 0.414 e. The van der Waals surface area contributed by atoms with Gasteiger partial charge in [0.1, 0.15) is 5.69 Å². The Kier molecular flexibility index (Phi) is 5.07. The molecular weight excluding hydrogens is 360 g/mol. The Morgan fingerprint density at radius 2 is 1.89 bits per heavy atom. The van der Waals surface area contributed by atoms with Gasteiger partial charge in [0.25, 0.3) is 5.69 Å². The van der Waals surface area contributed by atoms with E-state index in [2.05, 4.69) is 39.0 Å². The van der Waals surface area contributed by atoms with Crippen LogP contribution in [0.25, 0.3) is 10.9 Å². The van der Waals surface area contributed by atoms with Crippen LogP contribution in [-0.2, 0) is 4.43 Å². The molecule has 148 valence electrons. The van der Waals surface area contributed by atoms with Crippen LogP contribution in [0.5, 0.6) is 0 Å². The second-order valence-electron chi connectivity index (χ2n) is 9.12. The van der Waals surface area contributed by atoms with E-state index in [1.165, 1.54) is 6.07 Å². The fourth-order valence-electron chi connectivity index (χ4n) is 3.55. The van der Waals surface area contributed by atoms with Crippen molar-refractivity contribution in [3.8, 4) is 0 Å². The topological polar surface area (TPSA) is 96.2 Å². The fraction of sp³-hybridized carbons (Fsp3) is 0.632. The lowest BCUT2D eigenvalue weighted by Gasteiger charge is -2.41. The van der Waals surface area contributed by atoms with Crippen LogP contribution in [0.2, 0.25) is 18.1 Å². The van der Waals surface area contributed by atoms with Gasteiger partial charge in [0.2, 0.25) is 0 Å². The smallest absolute Gasteiger partial charge is 0.292 e. The van der Waals surface area contributed by atoms with Gasteiger partial charge in [-0.3, -0.25) is 14.8 Å². The number of hydrogen-bond acceptors (Lipinski definition) is 5. The molecule has 0 radical (unpaired) electrons. The average molecular weight is 391 g/mol. The molecule has 1 aliphatic carbocycles. The van der Waals surface area contributed by atoms with Crippen molar-refractivity contribution in [1.29, 1.82) is 0 Å². The number of nitrogen functional groups attached to an aromatic ring is 1. The van der Waals surface area contributed by atoms with Crippen LogP contribution in [0, 0.1) is 10.1 Å². The molecule has 7 nitrogen and oxygen atoms in total. The quantitative estimate of drug-likeness (QED) is 0.342. The van der Waals surface area contributed by atoms with Gasteiger partial charge in [-0.05, 0) is 49.9 Å². The Bertz CT molecular complexity index is 848. The van der Waals surface area contributed by atoms with E-state index in [1.54, 1.807) is 12.3 Å². The molecule has 0 atom stereocenters. The summed E-state index contributed by atoms with van der Waals surface area (Å²) in [6.45, 7) is 11.4. The lowest BCUT2D eigenvalue weighted by Crippen LogP contribution is -2.44. The van der Waals surface area contributed by atoms with Gasteiger partial charge in [0, 0.05) is 17.6 Å². The second kappa shape index (κ2) is 6.90. The van der Waals surface area contributed by atoms with Crippen LogP contribution in [-0.4, -0.2) is 29.1 Å². The van der Waals surface area contributed by atoms with Crippen molar-refractivity contribution in [2.45, 2.75) is 76.7 Å². The number of nitro benzene ring substituents is 1. The molecule has 2 N–H and O–H groups in total. The lowest BCUT2D eigenvalue weighted by molar-refractivity contribution is -0.383. The zero-order chi connectivity index (χ0) is 20.0. The predicted octanol–water partition coefficient (Wildman–Crippen LogP) is 5.03. The van der Waals surface area contributed by atoms with Gasteiger partial charge in [0.05, 0.1) is 22.7 Å². The van der Waals surface area contributed by atoms with Gasteiger partial charge in [0.15, 0.2) is 8.32 Å². The highest BCUT2D eigenvalue weighted by Gasteiger charge is 2.40. The number of nitrogens with zero attached hydrogens (tertiary/aromatic N) is 3. The summed E-state index contributed by atoms with van der Waals surface area (Å²) >= 11 is 0. The number of aromatic nitrogens is 2. The molecule has 8 heteroatoms. The van der Waals surface area contributed by atoms with E-state index in [0.717, 1.165) is 36.6 Å². The zero-order valence-corrected chi connectivity index (χ0v) is 17.9. The zero-order valence-electron chi connectivity index (χ0n) is 16.9. The minimum absolute atomic E-state index is 0.0615. The Hall–Kier alpha value is -1.93. The molecular formula is C19H30N4O3Si. The summed E-state index contributed by atoms with van der Waals surface area (Å²) in [6.07, 6.45) is 6.03. The van der Waals surface area contributed by atoms with Gasteiger partial charge in [-0.2, -0.15) is 5.10 Å². The number of anilines is 1. The Labute approximate surface area is 161 Å². The van der Waals surface area contributed by atoms with Crippen molar-refractivity contribution in [3.05, 3.63) is 28.4 Å². The molecule has 2 aromatic rings. The normalized spacial score (nSPS) is 21.5. The number of nitrogens with two attached hydrogens (primary N) is 1. The summed E-state index contributed by atoms with van der Waals surface area (Å²) in [5, 5.41) is 16.6. The predicted molar refractivity (Wildman–Crippen MR) is 110 cm³/mol. The molecule has 0 aliphatic heterocycles. The molecule has 1 aromatic carbocycles. The number of fused-ring (bicyclic) bond motifs is 1. The number of benzene rings is 1. The van der Waals surface area contributed by atoms with Gasteiger partial charge >= 0.3 is 0 Å². The molecule has 0 spiro atoms. The number of rotatable bonds is 4. The van der Waals surface area contributed by atoms with E-state index in [0.29, 0.717) is 6.10 Å². The van der Waals surface area contributed by atoms with Crippen LogP contribution in [0.3, 0.4) is 0 Å². The molecule has 27 heavy (non-hydrogen) atoms. The van der Waals surface area contributed by atoms with Gasteiger partial charge in [-0.15, -0.1) is 0 Å². The Balaban J connectivity index is 1.73. The van der Waals surface area contributed by atoms with Gasteiger partial charge < -0.3 is 10.2 Å². The number of hydrogen-bond donors (Lipinski definition) is 1. The fourth-order valence-corrected chi connectivity index (χ4v) is 4.97. The highest BCUT2D eigenvalue weighted by molar-refractivity contribution is 6.74. The second-order valence-corrected chi connectivity index (χ2v) is 13.9. The van der Waals surface area contributed by atoms with E-state index in [9.17, 15) is 10.1 Å². The summed E-state index contributed by atoms with van der Waals surface area (Å²) in [5.74, 6) is 0. The molecule has 1 aromatic heterocycles. The maximum Gasteiger partial charge on any atom is 0.292 e. The summed E-state index contributed by atoms with van der Waals surface area (Å²) in [7, 11) is -1.75. The first-order valence-corrected chi connectivity index (χ1v) is 12.5. The Morgan fingerprint density at radius 3 is 2.44 bits per heavy atom. The molecule has 1 saturated carbocycles. The first-order valence-electron chi connectivity index (χ1n) is 9.58. The van der Waals surface area contributed by atoms with Crippen LogP contribution in [0.15, 0.2) is 18.3 Å². The molecule has 3 rings (SSSR count). The monoisotopic (exact) mass is 390 g/mol. The van der Waals surface area contributed by atoms with Crippen LogP contribution in [0.1, 0.15) is 52.5 Å². The highest BCUT2D eigenvalue weighted by Crippen LogP contribution is 2.41. The van der Waals surface area contributed by atoms with Crippen molar-refractivity contribution >= 4 is 30.6 Å². The Morgan fingerprint density at radius 1 is 1.26 bits per heavy atom. The lowest BCUT2D eigenvalue weighted by atomic mass is 9.93. The average Bonchev–Trinajstić information content (AvgIpc) is 2.96. The molecule has 0 saturated heterocycles. The minimum Gasteiger partial charge on any atom is -0.414 e. The number of nitro groups is 1. The minimum atomic E-state index is -1.75. The molecule has 1 aliphatic rings. The third kappa shape index (κ3) is 3.86. The first kappa shape index (κ1) is 19.8. The third-order valence-electron chi connectivity index (χ3n) is 6.20. The van der Waals surface area contributed by atoms with Crippen molar-refractivity contribution < 1.29 is 9.35 Å². The van der Waals surface area contributed by atoms with E-state index in [4.69, 9.17) is 10.2 Å². The standard InChI is InChI=1S/C19H30N4O3Si/c1-19(2,3)27(4,5)26-15-8-6-14(7-9-15)22-17-11-16(20)18(23(24)25)10-13(17)12-21-22/h10-12,14-15H,6-9,20H2,1-5H3. The maximum absolute atomic E-state index is 11.1. The van der Waals surface area contributed by atoms with Gasteiger partial charge in [-0.1, -0.05) is 20.8 Å². The van der Waals surface area contributed by atoms with Crippen LogP contribution >= 0.6 is 0 Å². The first-order chi connectivity index (χ1) is 12.5. The molecule has 0 unspecified atom stereocenters. The third-order valence-corrected chi connectivity index (χ3v) is 10.7. The summed E-state index contributed by atoms with van der Waals surface area (Å²) < 4.78 is 8.56. The van der Waals surface area contributed by atoms with Crippen molar-refractivity contribution in [2.24, 2.45) is 0 Å². The summed E-state index contributed by atoms with van der Waals surface area (Å²) in [6, 6.07) is 3.47. The summed E-state index contributed by atoms with van der Waals surface area (Å²) in [4.78, 5) is 10.6. The van der Waals surface area contributed by atoms with Crippen LogP contribution < -0.4 is 5.73 Å². The van der Waals surface area contributed by atoms with Crippen molar-refractivity contribution in [2.75, 3.05) is 5.73 Å². The molecule has 0 bridgehead atoms. The molecule has 1 fully saturated rings. The van der Waals surface area contributed by atoms with Gasteiger partial charge in [-0.25, -0.2) is 0 Å². The van der Waals surface area contributed by atoms with Crippen LogP contribution in [0.4, 0.5) is 11.4 Å². The van der Waals surface area contributed by atoms with E-state index < -0.39 is 13.2 Å². The van der Waals surface area contributed by atoms with E-state index >= 15 is 0 Å². The molecule has 1 heterocycles. The van der Waals surface area contributed by atoms with E-state index in [-0.39, 0.29) is 22.5 Å². The molecule has 0 amide bonds. The summed E-state index contributed by atoms with van der Waals surface area (Å²) in [5.41, 5.74) is 6.87.